The monoisotopic (exact) mass is 379 g/mol. The Bertz CT molecular complexity index is 803. The smallest absolute Gasteiger partial charge is 0.294 e. The SMILES string of the molecule is O=[N+]([O-])OCC(CN1CC=C(c2cc3ccccc3s2)CC1)O[N+](=O)[O-]. The van der Waals surface area contributed by atoms with Gasteiger partial charge in [0.15, 0.2) is 0 Å². The van der Waals surface area contributed by atoms with Crippen LogP contribution in [-0.4, -0.2) is 47.4 Å². The number of nitrogens with zero attached hydrogens (tertiary/aromatic N) is 3. The lowest BCUT2D eigenvalue weighted by Crippen LogP contribution is -2.40. The van der Waals surface area contributed by atoms with Gasteiger partial charge in [-0.05, 0) is 29.5 Å². The van der Waals surface area contributed by atoms with E-state index in [0.29, 0.717) is 13.1 Å². The van der Waals surface area contributed by atoms with E-state index >= 15 is 0 Å². The summed E-state index contributed by atoms with van der Waals surface area (Å²) >= 11 is 1.74. The third kappa shape index (κ3) is 4.67. The summed E-state index contributed by atoms with van der Waals surface area (Å²) in [6.45, 7) is 0.998. The second-order valence-corrected chi connectivity index (χ2v) is 6.94. The molecular formula is C16H17N3O6S. The van der Waals surface area contributed by atoms with Gasteiger partial charge in [0.05, 0.1) is 0 Å². The van der Waals surface area contributed by atoms with Crippen molar-refractivity contribution in [2.75, 3.05) is 26.2 Å². The van der Waals surface area contributed by atoms with Crippen molar-refractivity contribution in [3.63, 3.8) is 0 Å². The van der Waals surface area contributed by atoms with Crippen LogP contribution in [0.3, 0.4) is 0 Å². The summed E-state index contributed by atoms with van der Waals surface area (Å²) in [6, 6.07) is 10.4. The second-order valence-electron chi connectivity index (χ2n) is 5.86. The summed E-state index contributed by atoms with van der Waals surface area (Å²) in [4.78, 5) is 32.7. The van der Waals surface area contributed by atoms with E-state index in [9.17, 15) is 20.2 Å². The predicted octanol–water partition coefficient (Wildman–Crippen LogP) is 2.78. The summed E-state index contributed by atoms with van der Waals surface area (Å²) in [7, 11) is 0. The molecule has 1 atom stereocenters. The Hall–Kier alpha value is -2.72. The molecule has 2 aromatic rings. The maximum absolute atomic E-state index is 10.5. The van der Waals surface area contributed by atoms with Crippen LogP contribution in [0.4, 0.5) is 0 Å². The highest BCUT2D eigenvalue weighted by atomic mass is 32.1. The van der Waals surface area contributed by atoms with E-state index in [2.05, 4.69) is 34.0 Å². The Morgan fingerprint density at radius 2 is 2.04 bits per heavy atom. The molecule has 0 saturated carbocycles. The van der Waals surface area contributed by atoms with E-state index in [0.717, 1.165) is 6.42 Å². The van der Waals surface area contributed by atoms with Gasteiger partial charge in [0.25, 0.3) is 10.2 Å². The van der Waals surface area contributed by atoms with Crippen LogP contribution < -0.4 is 0 Å². The number of fused-ring (bicyclic) bond motifs is 1. The summed E-state index contributed by atoms with van der Waals surface area (Å²) in [5, 5.41) is 20.1. The number of rotatable bonds is 8. The zero-order chi connectivity index (χ0) is 18.5. The zero-order valence-electron chi connectivity index (χ0n) is 13.8. The third-order valence-corrected chi connectivity index (χ3v) is 5.29. The molecule has 0 bridgehead atoms. The first kappa shape index (κ1) is 18.1. The molecule has 0 saturated heterocycles. The van der Waals surface area contributed by atoms with Crippen LogP contribution >= 0.6 is 11.3 Å². The van der Waals surface area contributed by atoms with Crippen molar-refractivity contribution in [1.29, 1.82) is 0 Å². The third-order valence-electron chi connectivity index (χ3n) is 4.10. The molecule has 1 unspecified atom stereocenters. The second kappa shape index (κ2) is 8.11. The zero-order valence-corrected chi connectivity index (χ0v) is 14.6. The van der Waals surface area contributed by atoms with Crippen LogP contribution in [0.15, 0.2) is 36.4 Å². The molecule has 9 nitrogen and oxygen atoms in total. The summed E-state index contributed by atoms with van der Waals surface area (Å²) in [6.07, 6.45) is 1.88. The maximum atomic E-state index is 10.5. The molecule has 0 radical (unpaired) electrons. The normalized spacial score (nSPS) is 16.1. The average Bonchev–Trinajstić information content (AvgIpc) is 3.04. The van der Waals surface area contributed by atoms with Gasteiger partial charge in [-0.25, -0.2) is 0 Å². The molecule has 0 fully saturated rings. The Morgan fingerprint density at radius 3 is 2.69 bits per heavy atom. The molecule has 2 heterocycles. The molecule has 0 spiro atoms. The Kier molecular flexibility index (Phi) is 5.64. The van der Waals surface area contributed by atoms with Crippen LogP contribution in [0.2, 0.25) is 0 Å². The fourth-order valence-corrected chi connectivity index (χ4v) is 4.04. The van der Waals surface area contributed by atoms with E-state index in [1.54, 1.807) is 11.3 Å². The van der Waals surface area contributed by atoms with Gasteiger partial charge in [0.1, 0.15) is 12.7 Å². The predicted molar refractivity (Wildman–Crippen MR) is 95.7 cm³/mol. The summed E-state index contributed by atoms with van der Waals surface area (Å²) in [5.74, 6) is 0. The van der Waals surface area contributed by atoms with Gasteiger partial charge in [-0.15, -0.1) is 31.6 Å². The van der Waals surface area contributed by atoms with E-state index in [1.165, 1.54) is 20.5 Å². The molecule has 1 aliphatic heterocycles. The van der Waals surface area contributed by atoms with Crippen LogP contribution in [0.25, 0.3) is 15.7 Å². The van der Waals surface area contributed by atoms with Gasteiger partial charge < -0.3 is 9.68 Å². The molecule has 26 heavy (non-hydrogen) atoms. The van der Waals surface area contributed by atoms with Crippen LogP contribution in [0.1, 0.15) is 11.3 Å². The van der Waals surface area contributed by atoms with Crippen molar-refractivity contribution in [2.45, 2.75) is 12.5 Å². The molecule has 3 rings (SSSR count). The number of hydrogen-bond donors (Lipinski definition) is 0. The Balaban J connectivity index is 1.61. The summed E-state index contributed by atoms with van der Waals surface area (Å²) in [5.41, 5.74) is 1.25. The van der Waals surface area contributed by atoms with Crippen molar-refractivity contribution < 1.29 is 19.8 Å². The number of hydrogen-bond acceptors (Lipinski definition) is 8. The molecule has 10 heteroatoms. The highest BCUT2D eigenvalue weighted by Crippen LogP contribution is 2.33. The molecule has 138 valence electrons. The standard InChI is InChI=1S/C16H17N3O6S/c20-18(21)24-11-14(25-19(22)23)10-17-7-5-12(6-8-17)16-9-13-3-1-2-4-15(13)26-16/h1-5,9,14H,6-8,10-11H2. The minimum absolute atomic E-state index is 0.186. The molecule has 1 aliphatic rings. The molecule has 1 aromatic carbocycles. The van der Waals surface area contributed by atoms with Gasteiger partial charge in [-0.3, -0.25) is 4.90 Å². The van der Waals surface area contributed by atoms with Crippen molar-refractivity contribution in [1.82, 2.24) is 4.90 Å². The minimum Gasteiger partial charge on any atom is -0.312 e. The fraction of sp³-hybridized carbons (Fsp3) is 0.375. The van der Waals surface area contributed by atoms with Gasteiger partial charge in [0, 0.05) is 29.2 Å². The quantitative estimate of drug-likeness (QED) is 0.512. The van der Waals surface area contributed by atoms with Crippen molar-refractivity contribution in [3.8, 4) is 0 Å². The highest BCUT2D eigenvalue weighted by molar-refractivity contribution is 7.20. The van der Waals surface area contributed by atoms with Crippen LogP contribution in [-0.2, 0) is 9.68 Å². The largest absolute Gasteiger partial charge is 0.312 e. The van der Waals surface area contributed by atoms with Crippen LogP contribution in [0, 0.1) is 20.2 Å². The molecule has 1 aromatic heterocycles. The molecule has 0 amide bonds. The highest BCUT2D eigenvalue weighted by Gasteiger charge is 2.22. The van der Waals surface area contributed by atoms with Gasteiger partial charge in [-0.1, -0.05) is 24.3 Å². The van der Waals surface area contributed by atoms with Crippen molar-refractivity contribution >= 4 is 27.0 Å². The molecular weight excluding hydrogens is 362 g/mol. The van der Waals surface area contributed by atoms with E-state index in [1.807, 2.05) is 17.0 Å². The minimum atomic E-state index is -1.00. The lowest BCUT2D eigenvalue weighted by atomic mass is 10.1. The van der Waals surface area contributed by atoms with E-state index in [4.69, 9.17) is 0 Å². The van der Waals surface area contributed by atoms with Crippen LogP contribution in [0.5, 0.6) is 0 Å². The molecule has 0 aliphatic carbocycles. The molecule has 0 N–H and O–H groups in total. The first-order valence-corrected chi connectivity index (χ1v) is 8.81. The first-order valence-electron chi connectivity index (χ1n) is 8.00. The van der Waals surface area contributed by atoms with Gasteiger partial charge in [-0.2, -0.15) is 0 Å². The topological polar surface area (TPSA) is 108 Å². The Labute approximate surface area is 152 Å². The maximum Gasteiger partial charge on any atom is 0.294 e. The van der Waals surface area contributed by atoms with Crippen molar-refractivity contribution in [3.05, 3.63) is 61.5 Å². The number of benzene rings is 1. The fourth-order valence-electron chi connectivity index (χ4n) is 2.91. The van der Waals surface area contributed by atoms with E-state index in [-0.39, 0.29) is 6.54 Å². The van der Waals surface area contributed by atoms with Gasteiger partial charge >= 0.3 is 0 Å². The Morgan fingerprint density at radius 1 is 1.23 bits per heavy atom. The van der Waals surface area contributed by atoms with Crippen molar-refractivity contribution in [2.24, 2.45) is 0 Å². The first-order chi connectivity index (χ1) is 12.5. The average molecular weight is 379 g/mol. The lowest BCUT2D eigenvalue weighted by Gasteiger charge is -2.28. The number of thiophene rings is 1. The summed E-state index contributed by atoms with van der Waals surface area (Å²) < 4.78 is 1.24. The van der Waals surface area contributed by atoms with Gasteiger partial charge in [0.2, 0.25) is 0 Å². The lowest BCUT2D eigenvalue weighted by molar-refractivity contribution is -0.789. The van der Waals surface area contributed by atoms with E-state index < -0.39 is 22.9 Å².